The first-order valence-electron chi connectivity index (χ1n) is 11.2. The summed E-state index contributed by atoms with van der Waals surface area (Å²) in [6, 6.07) is 5.76. The number of carbonyl (C=O) groups excluding carboxylic acids is 2. The van der Waals surface area contributed by atoms with Crippen LogP contribution < -0.4 is 16.8 Å². The third-order valence-corrected chi connectivity index (χ3v) is 5.33. The molecule has 0 radical (unpaired) electrons. The fraction of sp³-hybridized carbons (Fsp3) is 0.417. The minimum absolute atomic E-state index is 0. The zero-order valence-corrected chi connectivity index (χ0v) is 22.5. The van der Waals surface area contributed by atoms with E-state index in [1.54, 1.807) is 38.1 Å². The number of carboxylic acid groups (broad SMARTS) is 2. The summed E-state index contributed by atoms with van der Waals surface area (Å²) in [6.45, 7) is 4.42. The first-order chi connectivity index (χ1) is 17.5. The number of esters is 2. The molecule has 2 rings (SSSR count). The van der Waals surface area contributed by atoms with Crippen molar-refractivity contribution >= 4 is 35.5 Å². The maximum atomic E-state index is 12.9. The zero-order chi connectivity index (χ0) is 28.1. The van der Waals surface area contributed by atoms with Crippen molar-refractivity contribution < 1.29 is 54.6 Å². The second kappa shape index (κ2) is 18.7. The van der Waals surface area contributed by atoms with Crippen LogP contribution in [-0.4, -0.2) is 84.6 Å². The van der Waals surface area contributed by atoms with Gasteiger partial charge >= 0.3 is 23.9 Å². The number of hydrogen-bond donors (Lipinski definition) is 5. The van der Waals surface area contributed by atoms with Gasteiger partial charge in [-0.1, -0.05) is 29.8 Å². The summed E-state index contributed by atoms with van der Waals surface area (Å²) in [7, 11) is 1.29. The summed E-state index contributed by atoms with van der Waals surface area (Å²) in [5.74, 6) is -4.36. The lowest BCUT2D eigenvalue weighted by Crippen LogP contribution is -2.35. The van der Waals surface area contributed by atoms with E-state index in [0.29, 0.717) is 40.7 Å². The lowest BCUT2D eigenvalue weighted by molar-refractivity contribution is -0.144. The van der Waals surface area contributed by atoms with Gasteiger partial charge in [0.25, 0.3) is 0 Å². The van der Waals surface area contributed by atoms with Gasteiger partial charge in [-0.05, 0) is 25.5 Å². The van der Waals surface area contributed by atoms with Crippen LogP contribution in [0.3, 0.4) is 0 Å². The van der Waals surface area contributed by atoms with E-state index in [1.807, 2.05) is 0 Å². The number of halogens is 1. The Morgan fingerprint density at radius 1 is 1.10 bits per heavy atom. The van der Waals surface area contributed by atoms with Gasteiger partial charge < -0.3 is 52.2 Å². The van der Waals surface area contributed by atoms with Crippen molar-refractivity contribution in [1.82, 2.24) is 5.32 Å². The molecule has 0 saturated carbocycles. The minimum atomic E-state index is -1.29. The number of methoxy groups -OCH3 is 1. The molecule has 15 heteroatoms. The smallest absolute Gasteiger partial charge is 0.336 e. The predicted molar refractivity (Wildman–Crippen MR) is 141 cm³/mol. The van der Waals surface area contributed by atoms with Crippen LogP contribution in [0.4, 0.5) is 0 Å². The number of hydrogen-bond acceptors (Lipinski definition) is 10. The van der Waals surface area contributed by atoms with Gasteiger partial charge in [0.15, 0.2) is 0 Å². The molecule has 1 aromatic carbocycles. The number of carboxylic acids is 2. The Morgan fingerprint density at radius 3 is 2.18 bits per heavy atom. The van der Waals surface area contributed by atoms with E-state index in [-0.39, 0.29) is 29.7 Å². The molecule has 2 atom stereocenters. The SMILES string of the molecule is CCOC(=O)C1=C(COCCN)NC(C)=C(C(=O)OC)[C@@H]1c1ccccc1Cl.N[C@@H](CC(=O)O)C(=O)O.O.O. The maximum Gasteiger partial charge on any atom is 0.336 e. The van der Waals surface area contributed by atoms with Crippen LogP contribution in [0.15, 0.2) is 46.8 Å². The van der Waals surface area contributed by atoms with E-state index in [2.05, 4.69) is 5.32 Å². The molecule has 14 nitrogen and oxygen atoms in total. The summed E-state index contributed by atoms with van der Waals surface area (Å²) < 4.78 is 15.8. The van der Waals surface area contributed by atoms with Crippen LogP contribution in [0.25, 0.3) is 0 Å². The fourth-order valence-corrected chi connectivity index (χ4v) is 3.64. The quantitative estimate of drug-likeness (QED) is 0.164. The second-order valence-corrected chi connectivity index (χ2v) is 8.01. The van der Waals surface area contributed by atoms with Crippen molar-refractivity contribution in [2.45, 2.75) is 32.2 Å². The molecule has 0 bridgehead atoms. The van der Waals surface area contributed by atoms with Gasteiger partial charge in [-0.2, -0.15) is 0 Å². The fourth-order valence-electron chi connectivity index (χ4n) is 3.39. The highest BCUT2D eigenvalue weighted by Crippen LogP contribution is 2.41. The number of carbonyl (C=O) groups is 4. The normalized spacial score (nSPS) is 14.9. The third kappa shape index (κ3) is 11.0. The van der Waals surface area contributed by atoms with E-state index in [9.17, 15) is 19.2 Å². The standard InChI is InChI=1S/C20H25ClN2O5.C4H7NO4.2H2O/c1-4-28-20(25)18-15(11-27-10-9-22)23-12(2)16(19(24)26-3)17(18)13-7-5-6-8-14(13)21;5-2(4(8)9)1-3(6)7;;/h5-8,17,23H,4,9-11,22H2,1-3H3;2H,1,5H2,(H,6,7)(H,8,9);2*1H2/t17-;2-;;/m00../s1. The number of dihydropyridines is 1. The molecule has 1 heterocycles. The second-order valence-electron chi connectivity index (χ2n) is 7.61. The average Bonchev–Trinajstić information content (AvgIpc) is 2.83. The molecule has 39 heavy (non-hydrogen) atoms. The topological polar surface area (TPSA) is 264 Å². The highest BCUT2D eigenvalue weighted by Gasteiger charge is 2.39. The van der Waals surface area contributed by atoms with Crippen LogP contribution in [0, 0.1) is 0 Å². The molecular weight excluding hydrogens is 542 g/mol. The number of nitrogens with one attached hydrogen (secondary N) is 1. The Kier molecular flexibility index (Phi) is 18.0. The van der Waals surface area contributed by atoms with E-state index in [4.69, 9.17) is 47.5 Å². The lowest BCUT2D eigenvalue weighted by atomic mass is 9.80. The van der Waals surface area contributed by atoms with Crippen LogP contribution in [-0.2, 0) is 33.4 Å². The van der Waals surface area contributed by atoms with Crippen molar-refractivity contribution in [3.05, 3.63) is 57.4 Å². The summed E-state index contributed by atoms with van der Waals surface area (Å²) >= 11 is 6.42. The Labute approximate surface area is 230 Å². The van der Waals surface area contributed by atoms with Gasteiger partial charge in [0.05, 0.1) is 56.1 Å². The van der Waals surface area contributed by atoms with E-state index in [0.717, 1.165) is 0 Å². The number of nitrogens with two attached hydrogens (primary N) is 2. The van der Waals surface area contributed by atoms with Crippen molar-refractivity contribution in [3.63, 3.8) is 0 Å². The van der Waals surface area contributed by atoms with Gasteiger partial charge in [0, 0.05) is 17.3 Å². The van der Waals surface area contributed by atoms with Gasteiger partial charge in [-0.25, -0.2) is 9.59 Å². The zero-order valence-electron chi connectivity index (χ0n) is 21.8. The van der Waals surface area contributed by atoms with Gasteiger partial charge in [0.1, 0.15) is 6.04 Å². The molecule has 1 aromatic rings. The first-order valence-corrected chi connectivity index (χ1v) is 11.6. The maximum absolute atomic E-state index is 12.9. The van der Waals surface area contributed by atoms with Gasteiger partial charge in [-0.3, -0.25) is 9.59 Å². The number of ether oxygens (including phenoxy) is 3. The van der Waals surface area contributed by atoms with Crippen molar-refractivity contribution in [3.8, 4) is 0 Å². The van der Waals surface area contributed by atoms with E-state index in [1.165, 1.54) is 7.11 Å². The molecule has 0 aliphatic carbocycles. The van der Waals surface area contributed by atoms with E-state index < -0.39 is 42.3 Å². The number of aliphatic carboxylic acids is 2. The molecule has 1 aliphatic heterocycles. The molecule has 11 N–H and O–H groups in total. The summed E-state index contributed by atoms with van der Waals surface area (Å²) in [5.41, 5.74) is 12.5. The van der Waals surface area contributed by atoms with Crippen LogP contribution in [0.2, 0.25) is 5.02 Å². The molecule has 220 valence electrons. The van der Waals surface area contributed by atoms with Crippen LogP contribution >= 0.6 is 11.6 Å². The Hall–Kier alpha value is -3.53. The van der Waals surface area contributed by atoms with Gasteiger partial charge in [-0.15, -0.1) is 0 Å². The summed E-state index contributed by atoms with van der Waals surface area (Å²) in [4.78, 5) is 45.1. The lowest BCUT2D eigenvalue weighted by Gasteiger charge is -2.31. The highest BCUT2D eigenvalue weighted by atomic mass is 35.5. The van der Waals surface area contributed by atoms with E-state index >= 15 is 0 Å². The Bertz CT molecular complexity index is 1060. The molecule has 1 aliphatic rings. The molecule has 0 fully saturated rings. The largest absolute Gasteiger partial charge is 0.481 e. The number of rotatable bonds is 11. The Morgan fingerprint density at radius 2 is 1.72 bits per heavy atom. The number of benzene rings is 1. The molecule has 0 unspecified atom stereocenters. The highest BCUT2D eigenvalue weighted by molar-refractivity contribution is 6.31. The van der Waals surface area contributed by atoms with Crippen molar-refractivity contribution in [2.24, 2.45) is 11.5 Å². The molecule has 0 saturated heterocycles. The van der Waals surface area contributed by atoms with Crippen LogP contribution in [0.5, 0.6) is 0 Å². The monoisotopic (exact) mass is 577 g/mol. The van der Waals surface area contributed by atoms with Gasteiger partial charge in [0.2, 0.25) is 0 Å². The molecular formula is C24H36ClN3O11. The first kappa shape index (κ1) is 37.6. The molecule has 0 spiro atoms. The average molecular weight is 578 g/mol. The van der Waals surface area contributed by atoms with Crippen LogP contribution in [0.1, 0.15) is 31.7 Å². The Balaban J connectivity index is 0. The minimum Gasteiger partial charge on any atom is -0.481 e. The molecule has 0 amide bonds. The number of allylic oxidation sites excluding steroid dienone is 1. The third-order valence-electron chi connectivity index (χ3n) is 4.98. The predicted octanol–water partition coefficient (Wildman–Crippen LogP) is -0.510. The van der Waals surface area contributed by atoms with Crippen molar-refractivity contribution in [1.29, 1.82) is 0 Å². The summed E-state index contributed by atoms with van der Waals surface area (Å²) in [5, 5.41) is 19.6. The van der Waals surface area contributed by atoms with Crippen molar-refractivity contribution in [2.75, 3.05) is 33.5 Å². The molecule has 0 aromatic heterocycles. The summed E-state index contributed by atoms with van der Waals surface area (Å²) in [6.07, 6.45) is -0.532.